The Labute approximate surface area is 141 Å². The van der Waals surface area contributed by atoms with Gasteiger partial charge >= 0.3 is 0 Å². The van der Waals surface area contributed by atoms with Crippen LogP contribution < -0.4 is 5.73 Å². The molecule has 0 spiro atoms. The Balaban J connectivity index is 2.10. The Kier molecular flexibility index (Phi) is 4.16. The smallest absolute Gasteiger partial charge is 0.206 e. The van der Waals surface area contributed by atoms with Crippen LogP contribution in [-0.4, -0.2) is 10.8 Å². The Morgan fingerprint density at radius 3 is 2.41 bits per heavy atom. The highest BCUT2D eigenvalue weighted by Crippen LogP contribution is 2.33. The minimum atomic E-state index is -0.190. The molecule has 0 aliphatic carbocycles. The molecule has 0 radical (unpaired) electrons. The standard InChI is InChI=1S/C16H10Cl2N2OS/c17-10-7-5-9(6-8-10)13-15(22-16(19)20-13)14(21)11-3-1-2-4-12(11)18/h1-8H,(H2,19,20). The Morgan fingerprint density at radius 1 is 1.05 bits per heavy atom. The number of thiazole rings is 1. The van der Waals surface area contributed by atoms with Gasteiger partial charge in [-0.15, -0.1) is 0 Å². The fourth-order valence-electron chi connectivity index (χ4n) is 2.06. The predicted molar refractivity (Wildman–Crippen MR) is 91.9 cm³/mol. The largest absolute Gasteiger partial charge is 0.375 e. The van der Waals surface area contributed by atoms with Crippen LogP contribution in [0.4, 0.5) is 5.13 Å². The summed E-state index contributed by atoms with van der Waals surface area (Å²) in [7, 11) is 0. The van der Waals surface area contributed by atoms with E-state index >= 15 is 0 Å². The molecule has 0 atom stereocenters. The number of nitrogens with zero attached hydrogens (tertiary/aromatic N) is 1. The van der Waals surface area contributed by atoms with E-state index in [2.05, 4.69) is 4.98 Å². The topological polar surface area (TPSA) is 56.0 Å². The number of benzene rings is 2. The molecule has 2 N–H and O–H groups in total. The molecule has 22 heavy (non-hydrogen) atoms. The minimum absolute atomic E-state index is 0.190. The van der Waals surface area contributed by atoms with E-state index in [-0.39, 0.29) is 5.78 Å². The maximum absolute atomic E-state index is 12.7. The van der Waals surface area contributed by atoms with E-state index in [1.807, 2.05) is 0 Å². The van der Waals surface area contributed by atoms with E-state index in [9.17, 15) is 4.79 Å². The molecule has 0 aliphatic rings. The normalized spacial score (nSPS) is 10.6. The van der Waals surface area contributed by atoms with Crippen molar-refractivity contribution in [3.05, 3.63) is 69.0 Å². The van der Waals surface area contributed by atoms with E-state index in [0.717, 1.165) is 16.9 Å². The van der Waals surface area contributed by atoms with Crippen molar-refractivity contribution in [2.45, 2.75) is 0 Å². The van der Waals surface area contributed by atoms with Crippen LogP contribution >= 0.6 is 34.5 Å². The molecule has 0 saturated heterocycles. The second-order valence-electron chi connectivity index (χ2n) is 4.55. The Morgan fingerprint density at radius 2 is 1.73 bits per heavy atom. The van der Waals surface area contributed by atoms with Gasteiger partial charge in [0, 0.05) is 16.1 Å². The molecule has 2 aromatic carbocycles. The number of aromatic nitrogens is 1. The average Bonchev–Trinajstić information content (AvgIpc) is 2.90. The lowest BCUT2D eigenvalue weighted by Gasteiger charge is -2.04. The molecule has 0 fully saturated rings. The highest BCUT2D eigenvalue weighted by molar-refractivity contribution is 7.18. The van der Waals surface area contributed by atoms with Crippen LogP contribution in [0.3, 0.4) is 0 Å². The molecule has 0 bridgehead atoms. The SMILES string of the molecule is Nc1nc(-c2ccc(Cl)cc2)c(C(=O)c2ccccc2Cl)s1. The molecule has 3 aromatic rings. The third-order valence-corrected chi connectivity index (χ3v) is 4.55. The van der Waals surface area contributed by atoms with E-state index < -0.39 is 0 Å². The molecule has 110 valence electrons. The van der Waals surface area contributed by atoms with Crippen molar-refractivity contribution >= 4 is 45.5 Å². The van der Waals surface area contributed by atoms with Crippen molar-refractivity contribution in [1.29, 1.82) is 0 Å². The zero-order chi connectivity index (χ0) is 15.7. The quantitative estimate of drug-likeness (QED) is 0.682. The number of carbonyl (C=O) groups is 1. The van der Waals surface area contributed by atoms with E-state index in [1.54, 1.807) is 48.5 Å². The lowest BCUT2D eigenvalue weighted by Crippen LogP contribution is -2.01. The number of halogens is 2. The van der Waals surface area contributed by atoms with Crippen molar-refractivity contribution < 1.29 is 4.79 Å². The van der Waals surface area contributed by atoms with Crippen LogP contribution in [0.1, 0.15) is 15.2 Å². The van der Waals surface area contributed by atoms with Crippen molar-refractivity contribution in [2.75, 3.05) is 5.73 Å². The maximum Gasteiger partial charge on any atom is 0.206 e. The summed E-state index contributed by atoms with van der Waals surface area (Å²) in [6.45, 7) is 0. The first-order valence-corrected chi connectivity index (χ1v) is 7.95. The summed E-state index contributed by atoms with van der Waals surface area (Å²) in [6.07, 6.45) is 0. The Bertz CT molecular complexity index is 844. The number of hydrogen-bond acceptors (Lipinski definition) is 4. The summed E-state index contributed by atoms with van der Waals surface area (Å²) in [4.78, 5) is 17.5. The van der Waals surface area contributed by atoms with Gasteiger partial charge in [0.1, 0.15) is 4.88 Å². The highest BCUT2D eigenvalue weighted by atomic mass is 35.5. The molecular weight excluding hydrogens is 339 g/mol. The molecular formula is C16H10Cl2N2OS. The van der Waals surface area contributed by atoms with Crippen molar-refractivity contribution in [3.8, 4) is 11.3 Å². The van der Waals surface area contributed by atoms with E-state index in [1.165, 1.54) is 0 Å². The third kappa shape index (κ3) is 2.86. The highest BCUT2D eigenvalue weighted by Gasteiger charge is 2.21. The zero-order valence-electron chi connectivity index (χ0n) is 11.2. The van der Waals surface area contributed by atoms with Crippen LogP contribution in [0, 0.1) is 0 Å². The number of hydrogen-bond donors (Lipinski definition) is 1. The summed E-state index contributed by atoms with van der Waals surface area (Å²) in [5.41, 5.74) is 7.56. The first-order chi connectivity index (χ1) is 10.6. The van der Waals surface area contributed by atoms with Crippen LogP contribution in [0.5, 0.6) is 0 Å². The number of carbonyl (C=O) groups excluding carboxylic acids is 1. The number of rotatable bonds is 3. The van der Waals surface area contributed by atoms with Gasteiger partial charge in [-0.3, -0.25) is 4.79 Å². The monoisotopic (exact) mass is 348 g/mol. The summed E-state index contributed by atoms with van der Waals surface area (Å²) in [5.74, 6) is -0.190. The molecule has 0 saturated carbocycles. The molecule has 1 aromatic heterocycles. The molecule has 0 amide bonds. The van der Waals surface area contributed by atoms with Crippen molar-refractivity contribution in [2.24, 2.45) is 0 Å². The van der Waals surface area contributed by atoms with Crippen LogP contribution in [0.25, 0.3) is 11.3 Å². The second-order valence-corrected chi connectivity index (χ2v) is 6.42. The van der Waals surface area contributed by atoms with Gasteiger partial charge in [0.25, 0.3) is 0 Å². The summed E-state index contributed by atoms with van der Waals surface area (Å²) in [6, 6.07) is 14.0. The predicted octanol–water partition coefficient (Wildman–Crippen LogP) is 4.93. The van der Waals surface area contributed by atoms with Gasteiger partial charge in [-0.1, -0.05) is 58.8 Å². The van der Waals surface area contributed by atoms with E-state index in [0.29, 0.717) is 31.3 Å². The first-order valence-electron chi connectivity index (χ1n) is 6.37. The lowest BCUT2D eigenvalue weighted by atomic mass is 10.1. The molecule has 0 unspecified atom stereocenters. The fourth-order valence-corrected chi connectivity index (χ4v) is 3.22. The summed E-state index contributed by atoms with van der Waals surface area (Å²) in [5, 5.41) is 1.35. The minimum Gasteiger partial charge on any atom is -0.375 e. The first kappa shape index (κ1) is 15.0. The van der Waals surface area contributed by atoms with Crippen molar-refractivity contribution in [1.82, 2.24) is 4.98 Å². The van der Waals surface area contributed by atoms with Gasteiger partial charge in [-0.25, -0.2) is 4.98 Å². The number of anilines is 1. The summed E-state index contributed by atoms with van der Waals surface area (Å²) < 4.78 is 0. The summed E-state index contributed by atoms with van der Waals surface area (Å²) >= 11 is 13.2. The zero-order valence-corrected chi connectivity index (χ0v) is 13.5. The van der Waals surface area contributed by atoms with Gasteiger partial charge in [0.2, 0.25) is 5.78 Å². The molecule has 6 heteroatoms. The second kappa shape index (κ2) is 6.08. The molecule has 0 aliphatic heterocycles. The van der Waals surface area contributed by atoms with Crippen LogP contribution in [0.2, 0.25) is 10.0 Å². The average molecular weight is 349 g/mol. The molecule has 3 rings (SSSR count). The lowest BCUT2D eigenvalue weighted by molar-refractivity contribution is 0.104. The number of nitrogen functional groups attached to an aromatic ring is 1. The van der Waals surface area contributed by atoms with Gasteiger partial charge in [-0.2, -0.15) is 0 Å². The third-order valence-electron chi connectivity index (χ3n) is 3.09. The molecule has 3 nitrogen and oxygen atoms in total. The number of ketones is 1. The van der Waals surface area contributed by atoms with E-state index in [4.69, 9.17) is 28.9 Å². The maximum atomic E-state index is 12.7. The fraction of sp³-hybridized carbons (Fsp3) is 0. The Hall–Kier alpha value is -1.88. The van der Waals surface area contributed by atoms with Crippen molar-refractivity contribution in [3.63, 3.8) is 0 Å². The van der Waals surface area contributed by atoms with Gasteiger partial charge < -0.3 is 5.73 Å². The van der Waals surface area contributed by atoms with Gasteiger partial charge in [0.05, 0.1) is 10.7 Å². The van der Waals surface area contributed by atoms with Crippen LogP contribution in [-0.2, 0) is 0 Å². The number of nitrogens with two attached hydrogens (primary N) is 1. The van der Waals surface area contributed by atoms with Gasteiger partial charge in [-0.05, 0) is 24.3 Å². The molecule has 1 heterocycles. The van der Waals surface area contributed by atoms with Crippen LogP contribution in [0.15, 0.2) is 48.5 Å². The van der Waals surface area contributed by atoms with Gasteiger partial charge in [0.15, 0.2) is 5.13 Å².